The number of amides is 1. The molecule has 0 spiro atoms. The minimum Gasteiger partial charge on any atom is -0.481 e. The summed E-state index contributed by atoms with van der Waals surface area (Å²) in [6.45, 7) is 0. The first-order valence-corrected chi connectivity index (χ1v) is 9.48. The molecule has 5 heteroatoms. The van der Waals surface area contributed by atoms with Gasteiger partial charge in [0.05, 0.1) is 5.92 Å². The van der Waals surface area contributed by atoms with Crippen molar-refractivity contribution in [1.29, 1.82) is 0 Å². The number of aliphatic carboxylic acids is 1. The third-order valence-corrected chi connectivity index (χ3v) is 5.86. The summed E-state index contributed by atoms with van der Waals surface area (Å²) >= 11 is 1.76. The van der Waals surface area contributed by atoms with Crippen molar-refractivity contribution in [2.75, 3.05) is 0 Å². The number of nitrogens with one attached hydrogen (secondary N) is 1. The van der Waals surface area contributed by atoms with E-state index in [1.54, 1.807) is 11.3 Å². The first-order valence-electron chi connectivity index (χ1n) is 8.61. The summed E-state index contributed by atoms with van der Waals surface area (Å²) in [5, 5.41) is 15.6. The first-order chi connectivity index (χ1) is 11.6. The molecule has 1 saturated carbocycles. The first kappa shape index (κ1) is 17.0. The van der Waals surface area contributed by atoms with E-state index in [-0.39, 0.29) is 17.9 Å². The van der Waals surface area contributed by atoms with Crippen LogP contribution in [0.15, 0.2) is 29.6 Å². The number of fused-ring (bicyclic) bond motifs is 1. The molecule has 1 aromatic heterocycles. The number of carboxylic acid groups (broad SMARTS) is 1. The molecule has 4 nitrogen and oxygen atoms in total. The van der Waals surface area contributed by atoms with E-state index in [0.717, 1.165) is 25.7 Å². The van der Waals surface area contributed by atoms with Gasteiger partial charge in [0, 0.05) is 17.2 Å². The summed E-state index contributed by atoms with van der Waals surface area (Å²) in [6.07, 6.45) is 5.18. The van der Waals surface area contributed by atoms with Gasteiger partial charge in [-0.2, -0.15) is 0 Å². The molecule has 0 bridgehead atoms. The van der Waals surface area contributed by atoms with E-state index in [1.807, 2.05) is 0 Å². The average Bonchev–Trinajstić information content (AvgIpc) is 2.99. The molecule has 1 fully saturated rings. The van der Waals surface area contributed by atoms with Gasteiger partial charge in [-0.25, -0.2) is 0 Å². The maximum atomic E-state index is 12.1. The van der Waals surface area contributed by atoms with E-state index >= 15 is 0 Å². The van der Waals surface area contributed by atoms with Gasteiger partial charge in [-0.05, 0) is 60.9 Å². The third-order valence-electron chi connectivity index (χ3n) is 4.85. The van der Waals surface area contributed by atoms with Crippen LogP contribution in [0.2, 0.25) is 0 Å². The SMILES string of the molecule is O=C(CCCc1csc2ccccc12)NC1CCC(C(=O)O)CC1. The van der Waals surface area contributed by atoms with Gasteiger partial charge in [-0.3, -0.25) is 9.59 Å². The Morgan fingerprint density at radius 3 is 2.67 bits per heavy atom. The highest BCUT2D eigenvalue weighted by Gasteiger charge is 2.26. The Hall–Kier alpha value is -1.88. The standard InChI is InChI=1S/C19H23NO3S/c21-18(20-15-10-8-13(9-11-15)19(22)23)7-3-4-14-12-24-17-6-2-1-5-16(14)17/h1-2,5-6,12-13,15H,3-4,7-11H2,(H,20,21)(H,22,23). The van der Waals surface area contributed by atoms with Gasteiger partial charge < -0.3 is 10.4 Å². The molecular formula is C19H23NO3S. The Balaban J connectivity index is 1.41. The van der Waals surface area contributed by atoms with E-state index in [2.05, 4.69) is 35.0 Å². The number of hydrogen-bond acceptors (Lipinski definition) is 3. The second-order valence-electron chi connectivity index (χ2n) is 6.56. The van der Waals surface area contributed by atoms with E-state index in [0.29, 0.717) is 19.3 Å². The van der Waals surface area contributed by atoms with Crippen LogP contribution in [0, 0.1) is 5.92 Å². The number of aryl methyl sites for hydroxylation is 1. The second-order valence-corrected chi connectivity index (χ2v) is 7.48. The molecule has 2 N–H and O–H groups in total. The van der Waals surface area contributed by atoms with Crippen LogP contribution in [-0.4, -0.2) is 23.0 Å². The zero-order valence-electron chi connectivity index (χ0n) is 13.7. The lowest BCUT2D eigenvalue weighted by Gasteiger charge is -2.26. The third kappa shape index (κ3) is 4.15. The number of thiophene rings is 1. The maximum Gasteiger partial charge on any atom is 0.306 e. The minimum absolute atomic E-state index is 0.0910. The number of hydrogen-bond donors (Lipinski definition) is 2. The van der Waals surface area contributed by atoms with Gasteiger partial charge in [0.1, 0.15) is 0 Å². The molecule has 1 heterocycles. The van der Waals surface area contributed by atoms with Crippen LogP contribution in [0.1, 0.15) is 44.1 Å². The van der Waals surface area contributed by atoms with Gasteiger partial charge in [0.25, 0.3) is 0 Å². The van der Waals surface area contributed by atoms with Crippen LogP contribution >= 0.6 is 11.3 Å². The molecule has 0 unspecified atom stereocenters. The Kier molecular flexibility index (Phi) is 5.51. The highest BCUT2D eigenvalue weighted by molar-refractivity contribution is 7.17. The van der Waals surface area contributed by atoms with Crippen LogP contribution in [0.5, 0.6) is 0 Å². The maximum absolute atomic E-state index is 12.1. The lowest BCUT2D eigenvalue weighted by molar-refractivity contribution is -0.142. The van der Waals surface area contributed by atoms with Gasteiger partial charge in [0.15, 0.2) is 0 Å². The zero-order chi connectivity index (χ0) is 16.9. The Morgan fingerprint density at radius 2 is 1.92 bits per heavy atom. The Bertz CT molecular complexity index is 716. The fourth-order valence-electron chi connectivity index (χ4n) is 3.45. The normalized spacial score (nSPS) is 20.8. The lowest BCUT2D eigenvalue weighted by atomic mass is 9.86. The second kappa shape index (κ2) is 7.79. The summed E-state index contributed by atoms with van der Waals surface area (Å²) < 4.78 is 1.30. The fraction of sp³-hybridized carbons (Fsp3) is 0.474. The summed E-state index contributed by atoms with van der Waals surface area (Å²) in [4.78, 5) is 23.0. The molecule has 1 amide bonds. The zero-order valence-corrected chi connectivity index (χ0v) is 14.5. The Morgan fingerprint density at radius 1 is 1.17 bits per heavy atom. The molecule has 0 atom stereocenters. The summed E-state index contributed by atoms with van der Waals surface area (Å²) in [7, 11) is 0. The number of benzene rings is 1. The molecule has 0 radical (unpaired) electrons. The van der Waals surface area contributed by atoms with Crippen LogP contribution in [-0.2, 0) is 16.0 Å². The van der Waals surface area contributed by atoms with Crippen LogP contribution in [0.3, 0.4) is 0 Å². The van der Waals surface area contributed by atoms with Gasteiger partial charge in [-0.1, -0.05) is 18.2 Å². The highest BCUT2D eigenvalue weighted by atomic mass is 32.1. The average molecular weight is 345 g/mol. The smallest absolute Gasteiger partial charge is 0.306 e. The predicted molar refractivity (Wildman–Crippen MR) is 96.3 cm³/mol. The minimum atomic E-state index is -0.706. The monoisotopic (exact) mass is 345 g/mol. The topological polar surface area (TPSA) is 66.4 Å². The van der Waals surface area contributed by atoms with Crippen molar-refractivity contribution in [2.24, 2.45) is 5.92 Å². The van der Waals surface area contributed by atoms with Crippen molar-refractivity contribution < 1.29 is 14.7 Å². The van der Waals surface area contributed by atoms with Gasteiger partial charge in [0.2, 0.25) is 5.91 Å². The molecule has 1 aliphatic rings. The molecule has 24 heavy (non-hydrogen) atoms. The molecular weight excluding hydrogens is 322 g/mol. The summed E-state index contributed by atoms with van der Waals surface area (Å²) in [5.74, 6) is -0.846. The Labute approximate surface area is 145 Å². The van der Waals surface area contributed by atoms with Crippen LogP contribution in [0.4, 0.5) is 0 Å². The van der Waals surface area contributed by atoms with E-state index in [1.165, 1.54) is 15.6 Å². The number of carbonyl (C=O) groups excluding carboxylic acids is 1. The molecule has 1 aromatic carbocycles. The fourth-order valence-corrected chi connectivity index (χ4v) is 4.45. The summed E-state index contributed by atoms with van der Waals surface area (Å²) in [6, 6.07) is 8.52. The number of rotatable bonds is 6. The quantitative estimate of drug-likeness (QED) is 0.832. The number of carbonyl (C=O) groups is 2. The van der Waals surface area contributed by atoms with Crippen LogP contribution in [0.25, 0.3) is 10.1 Å². The largest absolute Gasteiger partial charge is 0.481 e. The van der Waals surface area contributed by atoms with Crippen molar-refractivity contribution in [3.63, 3.8) is 0 Å². The van der Waals surface area contributed by atoms with Crippen molar-refractivity contribution in [3.8, 4) is 0 Å². The van der Waals surface area contributed by atoms with Crippen molar-refractivity contribution >= 4 is 33.3 Å². The molecule has 128 valence electrons. The van der Waals surface area contributed by atoms with Crippen molar-refractivity contribution in [1.82, 2.24) is 5.32 Å². The van der Waals surface area contributed by atoms with Crippen molar-refractivity contribution in [2.45, 2.75) is 51.0 Å². The van der Waals surface area contributed by atoms with Crippen LogP contribution < -0.4 is 5.32 Å². The van der Waals surface area contributed by atoms with Gasteiger partial charge in [-0.15, -0.1) is 11.3 Å². The molecule has 1 aliphatic carbocycles. The predicted octanol–water partition coefficient (Wildman–Crippen LogP) is 3.98. The summed E-state index contributed by atoms with van der Waals surface area (Å²) in [5.41, 5.74) is 1.32. The molecule has 3 rings (SSSR count). The molecule has 0 aliphatic heterocycles. The van der Waals surface area contributed by atoms with E-state index in [4.69, 9.17) is 5.11 Å². The van der Waals surface area contributed by atoms with E-state index < -0.39 is 5.97 Å². The lowest BCUT2D eigenvalue weighted by Crippen LogP contribution is -2.38. The molecule has 2 aromatic rings. The molecule has 0 saturated heterocycles. The van der Waals surface area contributed by atoms with Crippen molar-refractivity contribution in [3.05, 3.63) is 35.2 Å². The number of carboxylic acids is 1. The van der Waals surface area contributed by atoms with E-state index in [9.17, 15) is 9.59 Å². The van der Waals surface area contributed by atoms with Gasteiger partial charge >= 0.3 is 5.97 Å². The highest BCUT2D eigenvalue weighted by Crippen LogP contribution is 2.27.